The van der Waals surface area contributed by atoms with Crippen molar-refractivity contribution in [2.24, 2.45) is 0 Å². The van der Waals surface area contributed by atoms with Gasteiger partial charge in [-0.25, -0.2) is 4.98 Å². The van der Waals surface area contributed by atoms with E-state index in [1.54, 1.807) is 6.20 Å². The molecule has 0 radical (unpaired) electrons. The molecule has 1 aromatic carbocycles. The first kappa shape index (κ1) is 15.2. The Hall–Kier alpha value is -2.36. The first-order valence-electron chi connectivity index (χ1n) is 8.89. The van der Waals surface area contributed by atoms with Gasteiger partial charge in [0.1, 0.15) is 5.82 Å². The molecule has 4 heteroatoms. The average molecular weight is 321 g/mol. The lowest BCUT2D eigenvalue weighted by Crippen LogP contribution is -2.38. The highest BCUT2D eigenvalue weighted by atomic mass is 16.2. The van der Waals surface area contributed by atoms with Gasteiger partial charge in [0, 0.05) is 32.4 Å². The molecule has 0 spiro atoms. The van der Waals surface area contributed by atoms with Crippen molar-refractivity contribution >= 4 is 11.7 Å². The Bertz CT molecular complexity index is 737. The van der Waals surface area contributed by atoms with E-state index >= 15 is 0 Å². The molecule has 4 nitrogen and oxygen atoms in total. The van der Waals surface area contributed by atoms with Gasteiger partial charge in [-0.15, -0.1) is 0 Å². The van der Waals surface area contributed by atoms with Crippen molar-refractivity contribution in [2.75, 3.05) is 24.5 Å². The number of pyridine rings is 1. The maximum absolute atomic E-state index is 13.0. The second-order valence-electron chi connectivity index (χ2n) is 6.67. The van der Waals surface area contributed by atoms with Crippen LogP contribution < -0.4 is 4.90 Å². The number of nitrogens with zero attached hydrogens (tertiary/aromatic N) is 3. The molecule has 1 aromatic heterocycles. The van der Waals surface area contributed by atoms with Crippen LogP contribution in [0.4, 0.5) is 5.82 Å². The van der Waals surface area contributed by atoms with E-state index in [0.717, 1.165) is 56.8 Å². The van der Waals surface area contributed by atoms with E-state index in [9.17, 15) is 4.79 Å². The highest BCUT2D eigenvalue weighted by Gasteiger charge is 2.25. The average Bonchev–Trinajstić information content (AvgIpc) is 2.68. The zero-order valence-electron chi connectivity index (χ0n) is 13.9. The fourth-order valence-electron chi connectivity index (χ4n) is 3.76. The third-order valence-corrected chi connectivity index (χ3v) is 5.09. The predicted octanol–water partition coefficient (Wildman–Crippen LogP) is 3.27. The zero-order valence-corrected chi connectivity index (χ0v) is 13.9. The second-order valence-corrected chi connectivity index (χ2v) is 6.67. The van der Waals surface area contributed by atoms with E-state index in [-0.39, 0.29) is 5.91 Å². The molecule has 24 heavy (non-hydrogen) atoms. The minimum absolute atomic E-state index is 0.136. The van der Waals surface area contributed by atoms with Gasteiger partial charge in [0.15, 0.2) is 0 Å². The maximum atomic E-state index is 13.0. The largest absolute Gasteiger partial charge is 0.351 e. The Morgan fingerprint density at radius 3 is 2.54 bits per heavy atom. The summed E-state index contributed by atoms with van der Waals surface area (Å²) in [7, 11) is 0. The van der Waals surface area contributed by atoms with Crippen LogP contribution in [-0.4, -0.2) is 35.4 Å². The molecule has 2 aliphatic rings. The van der Waals surface area contributed by atoms with Crippen LogP contribution in [0.5, 0.6) is 0 Å². The van der Waals surface area contributed by atoms with Gasteiger partial charge in [-0.1, -0.05) is 24.3 Å². The fourth-order valence-corrected chi connectivity index (χ4v) is 3.76. The summed E-state index contributed by atoms with van der Waals surface area (Å²) in [4.78, 5) is 21.8. The predicted molar refractivity (Wildman–Crippen MR) is 95.2 cm³/mol. The van der Waals surface area contributed by atoms with E-state index in [1.807, 2.05) is 17.0 Å². The van der Waals surface area contributed by atoms with E-state index < -0.39 is 0 Å². The second kappa shape index (κ2) is 6.63. The lowest BCUT2D eigenvalue weighted by atomic mass is 9.99. The number of rotatable bonds is 2. The Kier molecular flexibility index (Phi) is 4.20. The fraction of sp³-hybridized carbons (Fsp3) is 0.400. The summed E-state index contributed by atoms with van der Waals surface area (Å²) in [5.41, 5.74) is 3.50. The lowest BCUT2D eigenvalue weighted by Gasteiger charge is -2.32. The minimum atomic E-state index is 0.136. The number of likely N-dealkylation sites (tertiary alicyclic amines) is 1. The summed E-state index contributed by atoms with van der Waals surface area (Å²) in [5, 5.41) is 0. The number of benzene rings is 1. The quantitative estimate of drug-likeness (QED) is 0.852. The summed E-state index contributed by atoms with van der Waals surface area (Å²) in [6.07, 6.45) is 6.25. The highest BCUT2D eigenvalue weighted by Crippen LogP contribution is 2.27. The van der Waals surface area contributed by atoms with E-state index in [1.165, 1.54) is 17.5 Å². The molecular formula is C20H23N3O. The van der Waals surface area contributed by atoms with Crippen LogP contribution >= 0.6 is 0 Å². The molecule has 0 N–H and O–H groups in total. The van der Waals surface area contributed by atoms with Gasteiger partial charge in [-0.3, -0.25) is 4.79 Å². The van der Waals surface area contributed by atoms with Crippen molar-refractivity contribution < 1.29 is 4.79 Å². The van der Waals surface area contributed by atoms with Crippen molar-refractivity contribution in [3.05, 3.63) is 59.3 Å². The number of hydrogen-bond acceptors (Lipinski definition) is 3. The van der Waals surface area contributed by atoms with Gasteiger partial charge < -0.3 is 9.80 Å². The molecule has 2 aromatic rings. The number of fused-ring (bicyclic) bond motifs is 1. The highest BCUT2D eigenvalue weighted by molar-refractivity contribution is 5.99. The van der Waals surface area contributed by atoms with Crippen molar-refractivity contribution in [3.8, 4) is 0 Å². The Morgan fingerprint density at radius 1 is 0.917 bits per heavy atom. The van der Waals surface area contributed by atoms with E-state index in [4.69, 9.17) is 0 Å². The summed E-state index contributed by atoms with van der Waals surface area (Å²) >= 11 is 0. The molecule has 2 aliphatic heterocycles. The maximum Gasteiger partial charge on any atom is 0.257 e. The molecule has 1 fully saturated rings. The van der Waals surface area contributed by atoms with Gasteiger partial charge >= 0.3 is 0 Å². The molecule has 0 aliphatic carbocycles. The van der Waals surface area contributed by atoms with Crippen molar-refractivity contribution in [2.45, 2.75) is 32.2 Å². The van der Waals surface area contributed by atoms with E-state index in [0.29, 0.717) is 0 Å². The van der Waals surface area contributed by atoms with Crippen LogP contribution in [-0.2, 0) is 13.0 Å². The molecule has 1 amide bonds. The van der Waals surface area contributed by atoms with Gasteiger partial charge in [-0.05, 0) is 48.9 Å². The van der Waals surface area contributed by atoms with Crippen LogP contribution in [0, 0.1) is 0 Å². The third kappa shape index (κ3) is 2.88. The molecule has 124 valence electrons. The Balaban J connectivity index is 1.61. The summed E-state index contributed by atoms with van der Waals surface area (Å²) < 4.78 is 0. The summed E-state index contributed by atoms with van der Waals surface area (Å²) in [6.45, 7) is 3.48. The van der Waals surface area contributed by atoms with Crippen LogP contribution in [0.15, 0.2) is 42.6 Å². The number of anilines is 1. The van der Waals surface area contributed by atoms with Gasteiger partial charge in [-0.2, -0.15) is 0 Å². The number of piperidine rings is 1. The molecule has 1 saturated heterocycles. The first-order valence-corrected chi connectivity index (χ1v) is 8.89. The molecular weight excluding hydrogens is 298 g/mol. The minimum Gasteiger partial charge on any atom is -0.351 e. The third-order valence-electron chi connectivity index (χ3n) is 5.09. The number of hydrogen-bond donors (Lipinski definition) is 0. The van der Waals surface area contributed by atoms with Crippen LogP contribution in [0.25, 0.3) is 0 Å². The topological polar surface area (TPSA) is 36.4 Å². The smallest absolute Gasteiger partial charge is 0.257 e. The molecule has 0 saturated carbocycles. The molecule has 0 unspecified atom stereocenters. The van der Waals surface area contributed by atoms with Gasteiger partial charge in [0.05, 0.1) is 5.56 Å². The lowest BCUT2D eigenvalue weighted by molar-refractivity contribution is 0.0724. The Morgan fingerprint density at radius 2 is 1.71 bits per heavy atom. The van der Waals surface area contributed by atoms with Gasteiger partial charge in [0.25, 0.3) is 5.91 Å². The SMILES string of the molecule is O=C(c1cccnc1N1CCc2ccccc2C1)N1CCCCC1. The summed E-state index contributed by atoms with van der Waals surface area (Å²) in [5.74, 6) is 0.972. The normalized spacial score (nSPS) is 17.5. The van der Waals surface area contributed by atoms with Crippen molar-refractivity contribution in [1.29, 1.82) is 0 Å². The van der Waals surface area contributed by atoms with Gasteiger partial charge in [0.2, 0.25) is 0 Å². The number of amides is 1. The number of carbonyl (C=O) groups excluding carboxylic acids is 1. The van der Waals surface area contributed by atoms with Crippen LogP contribution in [0.3, 0.4) is 0 Å². The molecule has 0 bridgehead atoms. The molecule has 3 heterocycles. The van der Waals surface area contributed by atoms with Crippen LogP contribution in [0.2, 0.25) is 0 Å². The first-order chi connectivity index (χ1) is 11.8. The number of aromatic nitrogens is 1. The Labute approximate surface area is 143 Å². The monoisotopic (exact) mass is 321 g/mol. The van der Waals surface area contributed by atoms with Crippen molar-refractivity contribution in [3.63, 3.8) is 0 Å². The standard InChI is InChI=1S/C20H23N3O/c24-20(22-12-4-1-5-13-22)18-9-6-11-21-19(18)23-14-10-16-7-2-3-8-17(16)15-23/h2-3,6-9,11H,1,4-5,10,12-15H2. The zero-order chi connectivity index (χ0) is 16.4. The number of carbonyl (C=O) groups is 1. The summed E-state index contributed by atoms with van der Waals surface area (Å²) in [6, 6.07) is 12.4. The molecule has 4 rings (SSSR count). The molecule has 0 atom stereocenters. The van der Waals surface area contributed by atoms with Crippen molar-refractivity contribution in [1.82, 2.24) is 9.88 Å². The van der Waals surface area contributed by atoms with E-state index in [2.05, 4.69) is 34.1 Å². The van der Waals surface area contributed by atoms with Crippen LogP contribution in [0.1, 0.15) is 40.7 Å².